The minimum absolute atomic E-state index is 0.431. The smallest absolute Gasteiger partial charge is 0.434 e. The standard InChI is InChI=1S/C48H29BN2O2/c1-6-19-41-34(14-1)35-15-2-7-20-42(35)50(41)32-13-11-12-30(26-32)31-27-39-38-18-5-10-23-45(38)53-49-40-25-24-33(29-46(40)52-47(28-31)48(39)49)51-43-21-8-3-16-36(43)37-17-4-9-22-44(37)51/h1-29H/i1D,2D,3D,4D,5D,6D,7D,8D,9D,10D,11D,12D,13D,14D,15D,16D,17D,18D,19D,20D,21D,22D,23D,24D,25D,26D,27D,28D,29D. The highest BCUT2D eigenvalue weighted by Gasteiger charge is 2.41. The minimum atomic E-state index is -1.95. The average molecular weight is 706 g/mol. The summed E-state index contributed by atoms with van der Waals surface area (Å²) in [5.74, 6) is -2.24. The van der Waals surface area contributed by atoms with E-state index in [-0.39, 0.29) is 0 Å². The molecule has 0 fully saturated rings. The van der Waals surface area contributed by atoms with Gasteiger partial charge in [0.2, 0.25) is 0 Å². The Morgan fingerprint density at radius 2 is 0.981 bits per heavy atom. The predicted molar refractivity (Wildman–Crippen MR) is 218 cm³/mol. The van der Waals surface area contributed by atoms with E-state index in [9.17, 15) is 12.3 Å². The molecule has 0 amide bonds. The maximum absolute atomic E-state index is 9.99. The molecule has 5 heteroatoms. The van der Waals surface area contributed by atoms with Crippen molar-refractivity contribution in [2.45, 2.75) is 0 Å². The van der Waals surface area contributed by atoms with Gasteiger partial charge in [-0.2, -0.15) is 0 Å². The van der Waals surface area contributed by atoms with Crippen molar-refractivity contribution in [3.05, 3.63) is 175 Å². The van der Waals surface area contributed by atoms with Crippen molar-refractivity contribution in [2.75, 3.05) is 0 Å². The molecule has 10 aromatic rings. The summed E-state index contributed by atoms with van der Waals surface area (Å²) in [6.45, 7) is -1.95. The van der Waals surface area contributed by atoms with E-state index in [2.05, 4.69) is 0 Å². The average Bonchev–Trinajstić information content (AvgIpc) is 2.34. The van der Waals surface area contributed by atoms with Crippen molar-refractivity contribution in [1.82, 2.24) is 9.13 Å². The van der Waals surface area contributed by atoms with E-state index >= 15 is 0 Å². The molecule has 0 spiro atoms. The van der Waals surface area contributed by atoms with Crippen LogP contribution in [0.15, 0.2) is 175 Å². The lowest BCUT2D eigenvalue weighted by molar-refractivity contribution is 0.479. The largest absolute Gasteiger partial charge is 0.551 e. The zero-order valence-electron chi connectivity index (χ0n) is 55.3. The normalized spacial score (nSPS) is 20.5. The van der Waals surface area contributed by atoms with Crippen LogP contribution in [0.4, 0.5) is 0 Å². The molecule has 0 aliphatic carbocycles. The molecule has 0 saturated heterocycles. The molecule has 53 heavy (non-hydrogen) atoms. The highest BCUT2D eigenvalue weighted by Crippen LogP contribution is 2.43. The molecule has 246 valence electrons. The van der Waals surface area contributed by atoms with Crippen LogP contribution in [0.25, 0.3) is 77.2 Å². The SMILES string of the molecule is [2H]c1c([2H])c([2H])c2c(c1[2H])OB1c3c([2H])c([2H])c(-n4c5c([2H])c([2H])c([2H])c([2H])c5c5c([2H])c([2H])c([2H])c([2H])c54)c([2H])c3Oc3c([2H])c(-c4c([2H])c([2H])c([2H])c(-n5c6c([2H])c([2H])c([2H])c([2H])c6c6c([2H])c([2H])c([2H])c([2H])c65)c4[2H])c([2H])c-2c31. The third kappa shape index (κ3) is 4.07. The summed E-state index contributed by atoms with van der Waals surface area (Å²) in [4.78, 5) is 0. The summed E-state index contributed by atoms with van der Waals surface area (Å²) in [6.07, 6.45) is 0. The van der Waals surface area contributed by atoms with Crippen LogP contribution in [0.2, 0.25) is 0 Å². The second-order valence-electron chi connectivity index (χ2n) is 11.8. The van der Waals surface area contributed by atoms with E-state index in [1.165, 1.54) is 0 Å². The first-order valence-electron chi connectivity index (χ1n) is 30.3. The van der Waals surface area contributed by atoms with Crippen LogP contribution in [0.5, 0.6) is 17.2 Å². The van der Waals surface area contributed by atoms with Gasteiger partial charge in [-0.15, -0.1) is 0 Å². The van der Waals surface area contributed by atoms with Crippen LogP contribution in [0, 0.1) is 0 Å². The Balaban J connectivity index is 1.24. The number of hydrogen-bond acceptors (Lipinski definition) is 2. The second-order valence-corrected chi connectivity index (χ2v) is 11.8. The number of nitrogens with zero attached hydrogens (tertiary/aromatic N) is 2. The highest BCUT2D eigenvalue weighted by molar-refractivity contribution is 6.84. The minimum Gasteiger partial charge on any atom is -0.551 e. The van der Waals surface area contributed by atoms with Crippen molar-refractivity contribution in [3.63, 3.8) is 0 Å². The molecule has 4 heterocycles. The van der Waals surface area contributed by atoms with Gasteiger partial charge in [-0.1, -0.05) is 109 Å². The monoisotopic (exact) mass is 705 g/mol. The molecular formula is C48H29BN2O2. The highest BCUT2D eigenvalue weighted by atomic mass is 16.5. The molecule has 0 radical (unpaired) electrons. The lowest BCUT2D eigenvalue weighted by atomic mass is 9.50. The van der Waals surface area contributed by atoms with Gasteiger partial charge in [-0.25, -0.2) is 0 Å². The topological polar surface area (TPSA) is 28.3 Å². The number of hydrogen-bond donors (Lipinski definition) is 0. The van der Waals surface area contributed by atoms with E-state index in [1.807, 2.05) is 0 Å². The molecule has 2 aliphatic heterocycles. The van der Waals surface area contributed by atoms with Gasteiger partial charge in [0.1, 0.15) is 17.2 Å². The van der Waals surface area contributed by atoms with Gasteiger partial charge in [0.25, 0.3) is 0 Å². The number of benzene rings is 8. The van der Waals surface area contributed by atoms with E-state index in [4.69, 9.17) is 36.8 Å². The molecule has 8 aromatic carbocycles. The fourth-order valence-electron chi connectivity index (χ4n) is 6.84. The van der Waals surface area contributed by atoms with Gasteiger partial charge < -0.3 is 18.5 Å². The Labute approximate surface area is 346 Å². The molecular weight excluding hydrogens is 647 g/mol. The number of ether oxygens (including phenoxy) is 1. The van der Waals surface area contributed by atoms with Gasteiger partial charge in [-0.3, -0.25) is 0 Å². The van der Waals surface area contributed by atoms with Crippen molar-refractivity contribution >= 4 is 61.5 Å². The lowest BCUT2D eigenvalue weighted by Gasteiger charge is -2.33. The lowest BCUT2D eigenvalue weighted by Crippen LogP contribution is -2.53. The quantitative estimate of drug-likeness (QED) is 0.171. The molecule has 0 N–H and O–H groups in total. The first-order chi connectivity index (χ1) is 38.4. The fourth-order valence-corrected chi connectivity index (χ4v) is 6.84. The molecule has 0 bridgehead atoms. The number of aromatic nitrogens is 2. The first kappa shape index (κ1) is 12.6. The molecule has 2 aromatic heterocycles. The maximum atomic E-state index is 9.99. The summed E-state index contributed by atoms with van der Waals surface area (Å²) in [5.41, 5.74) is -7.79. The van der Waals surface area contributed by atoms with Crippen LogP contribution in [0.1, 0.15) is 39.8 Å². The summed E-state index contributed by atoms with van der Waals surface area (Å²) in [6, 6.07) is -25.7. The van der Waals surface area contributed by atoms with E-state index in [0.29, 0.717) is 0 Å². The fraction of sp³-hybridized carbons (Fsp3) is 0. The summed E-state index contributed by atoms with van der Waals surface area (Å²) in [5, 5.41) is -1.90. The number of rotatable bonds is 3. The van der Waals surface area contributed by atoms with Crippen molar-refractivity contribution in [2.24, 2.45) is 0 Å². The van der Waals surface area contributed by atoms with Crippen LogP contribution in [-0.4, -0.2) is 16.0 Å². The van der Waals surface area contributed by atoms with Gasteiger partial charge in [0.05, 0.1) is 61.8 Å². The Morgan fingerprint density at radius 1 is 0.415 bits per heavy atom. The zero-order valence-corrected chi connectivity index (χ0v) is 26.3. The van der Waals surface area contributed by atoms with E-state index < -0.39 is 288 Å². The Morgan fingerprint density at radius 3 is 1.62 bits per heavy atom. The molecule has 0 unspecified atom stereocenters. The zero-order chi connectivity index (χ0) is 59.9. The Kier molecular flexibility index (Phi) is 2.56. The van der Waals surface area contributed by atoms with Gasteiger partial charge in [-0.05, 0) is 77.1 Å². The molecule has 0 atom stereocenters. The summed E-state index contributed by atoms with van der Waals surface area (Å²) in [7, 11) is 0. The van der Waals surface area contributed by atoms with Crippen LogP contribution in [0.3, 0.4) is 0 Å². The van der Waals surface area contributed by atoms with E-state index in [1.54, 1.807) is 0 Å². The van der Waals surface area contributed by atoms with E-state index in [0.717, 1.165) is 9.13 Å². The summed E-state index contributed by atoms with van der Waals surface area (Å²) >= 11 is 0. The van der Waals surface area contributed by atoms with Crippen LogP contribution >= 0.6 is 0 Å². The molecule has 12 rings (SSSR count). The molecule has 2 aliphatic rings. The van der Waals surface area contributed by atoms with Crippen molar-refractivity contribution in [3.8, 4) is 50.9 Å². The third-order valence-electron chi connectivity index (χ3n) is 9.04. The number of fused-ring (bicyclic) bond motifs is 10. The van der Waals surface area contributed by atoms with Gasteiger partial charge in [0, 0.05) is 55.5 Å². The van der Waals surface area contributed by atoms with Crippen molar-refractivity contribution in [1.29, 1.82) is 0 Å². The molecule has 4 nitrogen and oxygen atoms in total. The van der Waals surface area contributed by atoms with Gasteiger partial charge >= 0.3 is 6.92 Å². The Bertz CT molecular complexity index is 4670. The predicted octanol–water partition coefficient (Wildman–Crippen LogP) is 10.8. The second kappa shape index (κ2) is 10.8. The summed E-state index contributed by atoms with van der Waals surface area (Å²) < 4.78 is 277. The molecule has 0 saturated carbocycles. The maximum Gasteiger partial charge on any atom is 0.434 e. The third-order valence-corrected chi connectivity index (χ3v) is 9.04. The van der Waals surface area contributed by atoms with Gasteiger partial charge in [0.15, 0.2) is 0 Å². The number of para-hydroxylation sites is 5. The first-order valence-corrected chi connectivity index (χ1v) is 15.8. The van der Waals surface area contributed by atoms with Crippen LogP contribution < -0.4 is 20.3 Å². The van der Waals surface area contributed by atoms with Crippen molar-refractivity contribution < 1.29 is 49.1 Å². The van der Waals surface area contributed by atoms with Crippen LogP contribution in [-0.2, 0) is 0 Å². The Hall–Kier alpha value is -6.98.